The van der Waals surface area contributed by atoms with Crippen LogP contribution in [0.4, 0.5) is 0 Å². The molecule has 2 rings (SSSR count). The highest BCUT2D eigenvalue weighted by Gasteiger charge is 2.37. The van der Waals surface area contributed by atoms with E-state index in [1.54, 1.807) is 19.1 Å². The van der Waals surface area contributed by atoms with Crippen LogP contribution >= 0.6 is 0 Å². The summed E-state index contributed by atoms with van der Waals surface area (Å²) in [5.74, 6) is -1.22. The quantitative estimate of drug-likeness (QED) is 0.718. The second kappa shape index (κ2) is 3.15. The smallest absolute Gasteiger partial charge is 0.349 e. The number of carbonyl (C=O) groups excluding carboxylic acids is 1. The molecular formula is C11H12O4. The SMILES string of the molecule is CCC1(C)OC(=O)c2c(O)cccc2O1. The Labute approximate surface area is 87.4 Å². The van der Waals surface area contributed by atoms with Gasteiger partial charge in [0.15, 0.2) is 0 Å². The van der Waals surface area contributed by atoms with Gasteiger partial charge >= 0.3 is 5.97 Å². The van der Waals surface area contributed by atoms with Gasteiger partial charge in [0.1, 0.15) is 17.1 Å². The van der Waals surface area contributed by atoms with Gasteiger partial charge in [0.2, 0.25) is 0 Å². The van der Waals surface area contributed by atoms with E-state index < -0.39 is 11.8 Å². The van der Waals surface area contributed by atoms with Crippen molar-refractivity contribution in [1.29, 1.82) is 0 Å². The van der Waals surface area contributed by atoms with Crippen molar-refractivity contribution in [3.63, 3.8) is 0 Å². The van der Waals surface area contributed by atoms with Gasteiger partial charge in [-0.25, -0.2) is 4.79 Å². The molecule has 1 N–H and O–H groups in total. The Morgan fingerprint density at radius 3 is 2.80 bits per heavy atom. The zero-order valence-corrected chi connectivity index (χ0v) is 8.61. The lowest BCUT2D eigenvalue weighted by Gasteiger charge is -2.33. The van der Waals surface area contributed by atoms with Crippen LogP contribution in [0.15, 0.2) is 18.2 Å². The fourth-order valence-electron chi connectivity index (χ4n) is 1.45. The molecule has 0 amide bonds. The Hall–Kier alpha value is -1.71. The molecule has 0 radical (unpaired) electrons. The molecule has 15 heavy (non-hydrogen) atoms. The minimum absolute atomic E-state index is 0.100. The summed E-state index contributed by atoms with van der Waals surface area (Å²) in [5, 5.41) is 9.49. The van der Waals surface area contributed by atoms with Gasteiger partial charge in [0.05, 0.1) is 0 Å². The van der Waals surface area contributed by atoms with Crippen LogP contribution in [0.25, 0.3) is 0 Å². The average molecular weight is 208 g/mol. The summed E-state index contributed by atoms with van der Waals surface area (Å²) < 4.78 is 10.6. The molecule has 1 aliphatic rings. The van der Waals surface area contributed by atoms with Crippen LogP contribution in [0.1, 0.15) is 30.6 Å². The van der Waals surface area contributed by atoms with E-state index in [1.807, 2.05) is 6.92 Å². The molecule has 0 aromatic heterocycles. The van der Waals surface area contributed by atoms with Gasteiger partial charge < -0.3 is 14.6 Å². The first-order valence-electron chi connectivity index (χ1n) is 4.80. The highest BCUT2D eigenvalue weighted by atomic mass is 16.7. The van der Waals surface area contributed by atoms with Crippen LogP contribution in [0, 0.1) is 0 Å². The van der Waals surface area contributed by atoms with Crippen molar-refractivity contribution in [2.75, 3.05) is 0 Å². The number of benzene rings is 1. The third kappa shape index (κ3) is 1.52. The number of phenolic OH excluding ortho intramolecular Hbond substituents is 1. The molecule has 4 heteroatoms. The van der Waals surface area contributed by atoms with E-state index in [1.165, 1.54) is 6.07 Å². The Bertz CT molecular complexity index is 413. The average Bonchev–Trinajstić information content (AvgIpc) is 2.17. The van der Waals surface area contributed by atoms with Gasteiger partial charge in [0.25, 0.3) is 5.79 Å². The van der Waals surface area contributed by atoms with Crippen molar-refractivity contribution in [2.24, 2.45) is 0 Å². The zero-order valence-electron chi connectivity index (χ0n) is 8.61. The lowest BCUT2D eigenvalue weighted by molar-refractivity contribution is -0.142. The number of rotatable bonds is 1. The lowest BCUT2D eigenvalue weighted by atomic mass is 10.1. The number of hydrogen-bond donors (Lipinski definition) is 1. The molecule has 1 unspecified atom stereocenters. The third-order valence-corrected chi connectivity index (χ3v) is 2.49. The van der Waals surface area contributed by atoms with Gasteiger partial charge in [-0.05, 0) is 12.1 Å². The number of aromatic hydroxyl groups is 1. The molecule has 4 nitrogen and oxygen atoms in total. The summed E-state index contributed by atoms with van der Waals surface area (Å²) >= 11 is 0. The molecule has 0 aliphatic carbocycles. The molecule has 0 fully saturated rings. The number of esters is 1. The normalized spacial score (nSPS) is 24.0. The van der Waals surface area contributed by atoms with Gasteiger partial charge in [-0.2, -0.15) is 0 Å². The van der Waals surface area contributed by atoms with Crippen molar-refractivity contribution < 1.29 is 19.4 Å². The maximum absolute atomic E-state index is 11.6. The van der Waals surface area contributed by atoms with Crippen molar-refractivity contribution in [3.05, 3.63) is 23.8 Å². The standard InChI is InChI=1S/C11H12O4/c1-3-11(2)14-8-6-4-5-7(12)9(8)10(13)15-11/h4-6,12H,3H2,1-2H3. The number of hydrogen-bond acceptors (Lipinski definition) is 4. The first kappa shape index (κ1) is 9.83. The van der Waals surface area contributed by atoms with Crippen molar-refractivity contribution in [2.45, 2.75) is 26.1 Å². The number of ether oxygens (including phenoxy) is 2. The molecule has 1 aliphatic heterocycles. The van der Waals surface area contributed by atoms with Crippen LogP contribution in [0.5, 0.6) is 11.5 Å². The number of carbonyl (C=O) groups is 1. The van der Waals surface area contributed by atoms with E-state index >= 15 is 0 Å². The molecular weight excluding hydrogens is 196 g/mol. The monoisotopic (exact) mass is 208 g/mol. The topological polar surface area (TPSA) is 55.8 Å². The van der Waals surface area contributed by atoms with Crippen LogP contribution in [0.3, 0.4) is 0 Å². The molecule has 0 bridgehead atoms. The molecule has 1 heterocycles. The summed E-state index contributed by atoms with van der Waals surface area (Å²) in [6.45, 7) is 3.55. The maximum atomic E-state index is 11.6. The Morgan fingerprint density at radius 2 is 2.13 bits per heavy atom. The molecule has 0 saturated carbocycles. The fraction of sp³-hybridized carbons (Fsp3) is 0.364. The summed E-state index contributed by atoms with van der Waals surface area (Å²) in [5.41, 5.74) is 0.100. The summed E-state index contributed by atoms with van der Waals surface area (Å²) in [6, 6.07) is 4.70. The maximum Gasteiger partial charge on any atom is 0.349 e. The van der Waals surface area contributed by atoms with Crippen molar-refractivity contribution in [1.82, 2.24) is 0 Å². The number of fused-ring (bicyclic) bond motifs is 1. The first-order valence-corrected chi connectivity index (χ1v) is 4.80. The predicted octanol–water partition coefficient (Wildman–Crippen LogP) is 2.07. The molecule has 80 valence electrons. The summed E-state index contributed by atoms with van der Waals surface area (Å²) in [4.78, 5) is 11.6. The largest absolute Gasteiger partial charge is 0.507 e. The Balaban J connectivity index is 2.50. The zero-order chi connectivity index (χ0) is 11.1. The molecule has 0 spiro atoms. The van der Waals surface area contributed by atoms with Crippen LogP contribution in [-0.2, 0) is 4.74 Å². The van der Waals surface area contributed by atoms with Gasteiger partial charge in [-0.3, -0.25) is 0 Å². The minimum Gasteiger partial charge on any atom is -0.507 e. The number of phenols is 1. The van der Waals surface area contributed by atoms with E-state index in [2.05, 4.69) is 0 Å². The van der Waals surface area contributed by atoms with Crippen LogP contribution in [0.2, 0.25) is 0 Å². The number of cyclic esters (lactones) is 1. The Kier molecular flexibility index (Phi) is 2.07. The second-order valence-electron chi connectivity index (χ2n) is 3.63. The van der Waals surface area contributed by atoms with Gasteiger partial charge in [-0.1, -0.05) is 13.0 Å². The third-order valence-electron chi connectivity index (χ3n) is 2.49. The molecule has 1 aromatic carbocycles. The van der Waals surface area contributed by atoms with Crippen molar-refractivity contribution >= 4 is 5.97 Å². The molecule has 0 saturated heterocycles. The van der Waals surface area contributed by atoms with E-state index in [-0.39, 0.29) is 11.3 Å². The molecule has 1 aromatic rings. The van der Waals surface area contributed by atoms with Crippen molar-refractivity contribution in [3.8, 4) is 11.5 Å². The second-order valence-corrected chi connectivity index (χ2v) is 3.63. The summed E-state index contributed by atoms with van der Waals surface area (Å²) in [6.07, 6.45) is 0.549. The van der Waals surface area contributed by atoms with Gasteiger partial charge in [-0.15, -0.1) is 0 Å². The highest BCUT2D eigenvalue weighted by Crippen LogP contribution is 2.37. The highest BCUT2D eigenvalue weighted by molar-refractivity contribution is 5.96. The summed E-state index contributed by atoms with van der Waals surface area (Å²) in [7, 11) is 0. The van der Waals surface area contributed by atoms with E-state index in [9.17, 15) is 9.90 Å². The van der Waals surface area contributed by atoms with E-state index in [4.69, 9.17) is 9.47 Å². The van der Waals surface area contributed by atoms with E-state index in [0.29, 0.717) is 12.2 Å². The molecule has 1 atom stereocenters. The fourth-order valence-corrected chi connectivity index (χ4v) is 1.45. The van der Waals surface area contributed by atoms with Gasteiger partial charge in [0, 0.05) is 13.3 Å². The van der Waals surface area contributed by atoms with Crippen LogP contribution in [-0.4, -0.2) is 16.9 Å². The predicted molar refractivity (Wildman–Crippen MR) is 52.8 cm³/mol. The van der Waals surface area contributed by atoms with Crippen LogP contribution < -0.4 is 4.74 Å². The minimum atomic E-state index is -0.933. The van der Waals surface area contributed by atoms with E-state index in [0.717, 1.165) is 0 Å². The first-order chi connectivity index (χ1) is 7.06. The lowest BCUT2D eigenvalue weighted by Crippen LogP contribution is -2.41. The Morgan fingerprint density at radius 1 is 1.40 bits per heavy atom.